The normalized spacial score (nSPS) is 19.9. The van der Waals surface area contributed by atoms with Crippen molar-refractivity contribution in [3.05, 3.63) is 47.5 Å². The molecule has 3 heteroatoms. The summed E-state index contributed by atoms with van der Waals surface area (Å²) in [5, 5.41) is 7.10. The molecule has 0 spiro atoms. The van der Waals surface area contributed by atoms with Crippen LogP contribution in [-0.4, -0.2) is 36.9 Å². The van der Waals surface area contributed by atoms with Crippen LogP contribution in [0.3, 0.4) is 0 Å². The van der Waals surface area contributed by atoms with Crippen LogP contribution in [0.15, 0.2) is 41.6 Å². The van der Waals surface area contributed by atoms with Crippen LogP contribution in [-0.2, 0) is 11.3 Å². The number of rotatable bonds is 4. The third kappa shape index (κ3) is 2.61. The van der Waals surface area contributed by atoms with E-state index in [-0.39, 0.29) is 0 Å². The summed E-state index contributed by atoms with van der Waals surface area (Å²) in [6, 6.07) is 13.0. The van der Waals surface area contributed by atoms with Gasteiger partial charge in [0.05, 0.1) is 5.71 Å². The first-order valence-electron chi connectivity index (χ1n) is 8.34. The number of hydrogen-bond donors (Lipinski definition) is 0. The fraction of sp³-hybridized carbons (Fsp3) is 0.421. The van der Waals surface area contributed by atoms with Crippen LogP contribution in [0.1, 0.15) is 30.4 Å². The summed E-state index contributed by atoms with van der Waals surface area (Å²) in [6.07, 6.45) is 4.72. The zero-order valence-electron chi connectivity index (χ0n) is 12.9. The topological polar surface area (TPSA) is 24.8 Å². The van der Waals surface area contributed by atoms with Crippen molar-refractivity contribution in [1.82, 2.24) is 4.90 Å². The monoisotopic (exact) mass is 294 g/mol. The lowest BCUT2D eigenvalue weighted by Crippen LogP contribution is -2.23. The minimum Gasteiger partial charge on any atom is -0.394 e. The maximum Gasteiger partial charge on any atom is 0.129 e. The lowest BCUT2D eigenvalue weighted by molar-refractivity contribution is 0.118. The van der Waals surface area contributed by atoms with Crippen LogP contribution < -0.4 is 0 Å². The van der Waals surface area contributed by atoms with Crippen LogP contribution in [0.5, 0.6) is 0 Å². The fourth-order valence-corrected chi connectivity index (χ4v) is 3.65. The number of fused-ring (bicyclic) bond motifs is 3. The van der Waals surface area contributed by atoms with Gasteiger partial charge < -0.3 is 4.84 Å². The van der Waals surface area contributed by atoms with E-state index >= 15 is 0 Å². The Kier molecular flexibility index (Phi) is 3.81. The first kappa shape index (κ1) is 13.8. The van der Waals surface area contributed by atoms with Gasteiger partial charge in [-0.15, -0.1) is 0 Å². The van der Waals surface area contributed by atoms with Gasteiger partial charge in [-0.3, -0.25) is 4.90 Å². The van der Waals surface area contributed by atoms with Crippen molar-refractivity contribution in [2.45, 2.75) is 25.7 Å². The lowest BCUT2D eigenvalue weighted by atomic mass is 10.0. The van der Waals surface area contributed by atoms with Gasteiger partial charge in [-0.1, -0.05) is 41.6 Å². The van der Waals surface area contributed by atoms with Crippen LogP contribution in [0.2, 0.25) is 0 Å². The molecule has 2 aromatic rings. The minimum atomic E-state index is 0.701. The van der Waals surface area contributed by atoms with E-state index in [4.69, 9.17) is 4.84 Å². The average molecular weight is 294 g/mol. The Morgan fingerprint density at radius 2 is 1.86 bits per heavy atom. The van der Waals surface area contributed by atoms with Crippen molar-refractivity contribution in [3.8, 4) is 0 Å². The number of nitrogens with zero attached hydrogens (tertiary/aromatic N) is 2. The van der Waals surface area contributed by atoms with E-state index in [0.717, 1.165) is 25.1 Å². The molecule has 4 rings (SSSR count). The van der Waals surface area contributed by atoms with E-state index in [1.807, 2.05) is 0 Å². The fourth-order valence-electron chi connectivity index (χ4n) is 3.65. The highest BCUT2D eigenvalue weighted by Crippen LogP contribution is 2.30. The summed E-state index contributed by atoms with van der Waals surface area (Å²) in [6.45, 7) is 4.14. The molecule has 0 bridgehead atoms. The predicted molar refractivity (Wildman–Crippen MR) is 90.4 cm³/mol. The van der Waals surface area contributed by atoms with Crippen molar-refractivity contribution in [3.63, 3.8) is 0 Å². The number of likely N-dealkylation sites (tertiary alicyclic amines) is 1. The number of oxime groups is 1. The molecule has 22 heavy (non-hydrogen) atoms. The Balaban J connectivity index is 1.47. The molecular formula is C19H22N2O. The van der Waals surface area contributed by atoms with Crippen molar-refractivity contribution in [1.29, 1.82) is 0 Å². The number of benzene rings is 2. The maximum atomic E-state index is 5.59. The minimum absolute atomic E-state index is 0.701. The van der Waals surface area contributed by atoms with E-state index < -0.39 is 0 Å². The summed E-state index contributed by atoms with van der Waals surface area (Å²) in [5.41, 5.74) is 3.82. The van der Waals surface area contributed by atoms with Crippen LogP contribution in [0, 0.1) is 0 Å². The standard InChI is InChI=1S/C19H22N2O/c1-2-6-16-15(5-1)7-8-18-17(16)9-10-19(18)20-22-14-13-21-11-3-4-12-21/h1-2,5-8H,3-4,9-14H2/b20-19-. The molecule has 0 unspecified atom stereocenters. The highest BCUT2D eigenvalue weighted by molar-refractivity contribution is 6.08. The zero-order valence-corrected chi connectivity index (χ0v) is 12.9. The van der Waals surface area contributed by atoms with E-state index in [2.05, 4.69) is 46.5 Å². The van der Waals surface area contributed by atoms with E-state index in [1.54, 1.807) is 0 Å². The van der Waals surface area contributed by atoms with Gasteiger partial charge in [0.1, 0.15) is 6.61 Å². The number of aryl methyl sites for hydroxylation is 1. The average Bonchev–Trinajstić information content (AvgIpc) is 3.21. The first-order chi connectivity index (χ1) is 10.9. The SMILES string of the molecule is c1ccc2c3c(ccc2c1)/C(=N\OCCN1CCCC1)CC3. The molecule has 0 radical (unpaired) electrons. The largest absolute Gasteiger partial charge is 0.394 e. The molecule has 2 aromatic carbocycles. The van der Waals surface area contributed by atoms with Crippen LogP contribution >= 0.6 is 0 Å². The van der Waals surface area contributed by atoms with Crippen molar-refractivity contribution < 1.29 is 4.84 Å². The molecule has 1 saturated heterocycles. The third-order valence-corrected chi connectivity index (χ3v) is 4.84. The molecule has 1 heterocycles. The van der Waals surface area contributed by atoms with Crippen LogP contribution in [0.4, 0.5) is 0 Å². The van der Waals surface area contributed by atoms with Gasteiger partial charge in [-0.05, 0) is 55.1 Å². The molecular weight excluding hydrogens is 272 g/mol. The van der Waals surface area contributed by atoms with Gasteiger partial charge in [0.15, 0.2) is 0 Å². The molecule has 2 aliphatic rings. The smallest absolute Gasteiger partial charge is 0.129 e. The number of hydrogen-bond acceptors (Lipinski definition) is 3. The van der Waals surface area contributed by atoms with Crippen molar-refractivity contribution in [2.75, 3.05) is 26.2 Å². The summed E-state index contributed by atoms with van der Waals surface area (Å²) in [4.78, 5) is 8.05. The predicted octanol–water partition coefficient (Wildman–Crippen LogP) is 3.60. The summed E-state index contributed by atoms with van der Waals surface area (Å²) < 4.78 is 0. The molecule has 1 aliphatic heterocycles. The molecule has 0 amide bonds. The van der Waals surface area contributed by atoms with Crippen LogP contribution in [0.25, 0.3) is 10.8 Å². The van der Waals surface area contributed by atoms with Gasteiger partial charge in [0.2, 0.25) is 0 Å². The lowest BCUT2D eigenvalue weighted by Gasteiger charge is -2.12. The van der Waals surface area contributed by atoms with Crippen molar-refractivity contribution >= 4 is 16.5 Å². The maximum absolute atomic E-state index is 5.59. The molecule has 114 valence electrons. The Bertz CT molecular complexity index is 702. The van der Waals surface area contributed by atoms with Gasteiger partial charge in [-0.2, -0.15) is 0 Å². The second kappa shape index (κ2) is 6.09. The summed E-state index contributed by atoms with van der Waals surface area (Å²) in [7, 11) is 0. The quantitative estimate of drug-likeness (QED) is 0.636. The summed E-state index contributed by atoms with van der Waals surface area (Å²) in [5.74, 6) is 0. The molecule has 0 aromatic heterocycles. The first-order valence-corrected chi connectivity index (χ1v) is 8.34. The van der Waals surface area contributed by atoms with Crippen molar-refractivity contribution in [2.24, 2.45) is 5.16 Å². The van der Waals surface area contributed by atoms with Gasteiger partial charge in [0, 0.05) is 12.1 Å². The Morgan fingerprint density at radius 1 is 1.00 bits per heavy atom. The highest BCUT2D eigenvalue weighted by Gasteiger charge is 2.20. The Hall–Kier alpha value is -1.87. The second-order valence-electron chi connectivity index (χ2n) is 6.23. The third-order valence-electron chi connectivity index (χ3n) is 4.84. The van der Waals surface area contributed by atoms with Gasteiger partial charge in [-0.25, -0.2) is 0 Å². The molecule has 1 fully saturated rings. The molecule has 0 atom stereocenters. The highest BCUT2D eigenvalue weighted by atomic mass is 16.6. The Morgan fingerprint density at radius 3 is 2.77 bits per heavy atom. The molecule has 0 saturated carbocycles. The zero-order chi connectivity index (χ0) is 14.8. The molecule has 0 N–H and O–H groups in total. The summed E-state index contributed by atoms with van der Waals surface area (Å²) >= 11 is 0. The molecule has 3 nitrogen and oxygen atoms in total. The van der Waals surface area contributed by atoms with E-state index in [0.29, 0.717) is 6.61 Å². The Labute approximate surface area is 131 Å². The van der Waals surface area contributed by atoms with E-state index in [1.165, 1.54) is 47.8 Å². The second-order valence-corrected chi connectivity index (χ2v) is 6.23. The molecule has 1 aliphatic carbocycles. The van der Waals surface area contributed by atoms with Gasteiger partial charge >= 0.3 is 0 Å². The van der Waals surface area contributed by atoms with E-state index in [9.17, 15) is 0 Å². The van der Waals surface area contributed by atoms with Gasteiger partial charge in [0.25, 0.3) is 0 Å².